The first kappa shape index (κ1) is 13.9. The summed E-state index contributed by atoms with van der Waals surface area (Å²) in [6.45, 7) is 5.87. The van der Waals surface area contributed by atoms with Crippen LogP contribution in [0.15, 0.2) is 18.6 Å². The Morgan fingerprint density at radius 1 is 1.53 bits per heavy atom. The molecule has 1 aliphatic rings. The van der Waals surface area contributed by atoms with E-state index in [4.69, 9.17) is 0 Å². The molecule has 1 fully saturated rings. The van der Waals surface area contributed by atoms with Gasteiger partial charge in [-0.2, -0.15) is 0 Å². The molecule has 1 aromatic heterocycles. The molecule has 0 radical (unpaired) electrons. The zero-order valence-electron chi connectivity index (χ0n) is 11.3. The highest BCUT2D eigenvalue weighted by atomic mass is 16.3. The van der Waals surface area contributed by atoms with Crippen LogP contribution in [0, 0.1) is 5.92 Å². The number of carbonyl (C=O) groups excluding carboxylic acids is 1. The molecule has 1 saturated heterocycles. The Kier molecular flexibility index (Phi) is 4.44. The molecule has 19 heavy (non-hydrogen) atoms. The van der Waals surface area contributed by atoms with Crippen molar-refractivity contribution in [1.82, 2.24) is 20.2 Å². The first-order valence-electron chi connectivity index (χ1n) is 6.53. The molecule has 6 nitrogen and oxygen atoms in total. The van der Waals surface area contributed by atoms with Crippen LogP contribution >= 0.6 is 0 Å². The molecule has 0 unspecified atom stereocenters. The standard InChI is InChI=1S/C13H20N4O2/c1-9(2)17-6-10(8-18)12(7-17)16-13(19)11-5-14-3-4-15-11/h3-5,9-10,12,18H,6-8H2,1-2H3,(H,16,19)/t10-,12+/m0/s1. The predicted octanol–water partition coefficient (Wildman–Crippen LogP) is -0.0925. The molecule has 2 heterocycles. The predicted molar refractivity (Wildman–Crippen MR) is 70.6 cm³/mol. The number of nitrogens with zero attached hydrogens (tertiary/aromatic N) is 3. The van der Waals surface area contributed by atoms with Gasteiger partial charge in [0.25, 0.3) is 5.91 Å². The molecule has 1 amide bonds. The molecule has 0 saturated carbocycles. The zero-order valence-corrected chi connectivity index (χ0v) is 11.3. The molecule has 2 N–H and O–H groups in total. The lowest BCUT2D eigenvalue weighted by molar-refractivity contribution is 0.0915. The van der Waals surface area contributed by atoms with Crippen LogP contribution in [0.5, 0.6) is 0 Å². The summed E-state index contributed by atoms with van der Waals surface area (Å²) in [4.78, 5) is 22.1. The fraction of sp³-hybridized carbons (Fsp3) is 0.615. The monoisotopic (exact) mass is 264 g/mol. The fourth-order valence-corrected chi connectivity index (χ4v) is 2.33. The van der Waals surface area contributed by atoms with E-state index in [1.54, 1.807) is 0 Å². The van der Waals surface area contributed by atoms with E-state index in [0.717, 1.165) is 13.1 Å². The smallest absolute Gasteiger partial charge is 0.271 e. The molecule has 1 aliphatic heterocycles. The van der Waals surface area contributed by atoms with Crippen molar-refractivity contribution in [3.63, 3.8) is 0 Å². The Balaban J connectivity index is 2.00. The summed E-state index contributed by atoms with van der Waals surface area (Å²) in [5, 5.41) is 12.4. The molecule has 0 aliphatic carbocycles. The zero-order chi connectivity index (χ0) is 13.8. The van der Waals surface area contributed by atoms with Gasteiger partial charge in [-0.15, -0.1) is 0 Å². The average Bonchev–Trinajstić information content (AvgIpc) is 2.83. The molecule has 6 heteroatoms. The molecule has 0 aromatic carbocycles. The van der Waals surface area contributed by atoms with Gasteiger partial charge in [0.05, 0.1) is 6.20 Å². The summed E-state index contributed by atoms with van der Waals surface area (Å²) in [7, 11) is 0. The van der Waals surface area contributed by atoms with Crippen LogP contribution in [0.1, 0.15) is 24.3 Å². The Bertz CT molecular complexity index is 424. The Hall–Kier alpha value is -1.53. The van der Waals surface area contributed by atoms with Crippen molar-refractivity contribution in [1.29, 1.82) is 0 Å². The highest BCUT2D eigenvalue weighted by molar-refractivity contribution is 5.92. The Morgan fingerprint density at radius 3 is 2.89 bits per heavy atom. The highest BCUT2D eigenvalue weighted by Crippen LogP contribution is 2.19. The van der Waals surface area contributed by atoms with Crippen molar-refractivity contribution in [3.8, 4) is 0 Å². The molecule has 2 rings (SSSR count). The largest absolute Gasteiger partial charge is 0.396 e. The number of amides is 1. The van der Waals surface area contributed by atoms with Gasteiger partial charge in [0.1, 0.15) is 5.69 Å². The van der Waals surface area contributed by atoms with Gasteiger partial charge >= 0.3 is 0 Å². The minimum atomic E-state index is -0.234. The van der Waals surface area contributed by atoms with Crippen LogP contribution in [0.25, 0.3) is 0 Å². The van der Waals surface area contributed by atoms with Crippen LogP contribution in [-0.2, 0) is 0 Å². The van der Waals surface area contributed by atoms with E-state index in [-0.39, 0.29) is 24.5 Å². The quantitative estimate of drug-likeness (QED) is 0.794. The van der Waals surface area contributed by atoms with Gasteiger partial charge < -0.3 is 10.4 Å². The van der Waals surface area contributed by atoms with Gasteiger partial charge in [0, 0.05) is 50.1 Å². The number of hydrogen-bond donors (Lipinski definition) is 2. The van der Waals surface area contributed by atoms with Crippen LogP contribution < -0.4 is 5.32 Å². The molecule has 104 valence electrons. The second kappa shape index (κ2) is 6.08. The van der Waals surface area contributed by atoms with Crippen molar-refractivity contribution in [2.24, 2.45) is 5.92 Å². The topological polar surface area (TPSA) is 78.4 Å². The lowest BCUT2D eigenvalue weighted by Crippen LogP contribution is -2.42. The Labute approximate surface area is 112 Å². The van der Waals surface area contributed by atoms with E-state index < -0.39 is 0 Å². The number of aliphatic hydroxyl groups is 1. The number of likely N-dealkylation sites (tertiary alicyclic amines) is 1. The summed E-state index contributed by atoms with van der Waals surface area (Å²) in [6.07, 6.45) is 4.47. The summed E-state index contributed by atoms with van der Waals surface area (Å²) in [5.41, 5.74) is 0.308. The van der Waals surface area contributed by atoms with E-state index in [9.17, 15) is 9.90 Å². The number of nitrogens with one attached hydrogen (secondary N) is 1. The maximum atomic E-state index is 12.0. The second-order valence-electron chi connectivity index (χ2n) is 5.16. The van der Waals surface area contributed by atoms with E-state index >= 15 is 0 Å². The van der Waals surface area contributed by atoms with Gasteiger partial charge in [-0.25, -0.2) is 4.98 Å². The molecule has 2 atom stereocenters. The SMILES string of the molecule is CC(C)N1C[C@@H](CO)[C@H](NC(=O)c2cnccn2)C1. The third kappa shape index (κ3) is 3.27. The molecular formula is C13H20N4O2. The number of aliphatic hydroxyl groups excluding tert-OH is 1. The van der Waals surface area contributed by atoms with Crippen LogP contribution in [0.2, 0.25) is 0 Å². The maximum absolute atomic E-state index is 12.0. The number of carbonyl (C=O) groups is 1. The van der Waals surface area contributed by atoms with E-state index in [1.165, 1.54) is 18.6 Å². The minimum absolute atomic E-state index is 0.0399. The van der Waals surface area contributed by atoms with Crippen molar-refractivity contribution < 1.29 is 9.90 Å². The summed E-state index contributed by atoms with van der Waals surface area (Å²) in [6, 6.07) is 0.370. The summed E-state index contributed by atoms with van der Waals surface area (Å²) < 4.78 is 0. The summed E-state index contributed by atoms with van der Waals surface area (Å²) in [5.74, 6) is -0.162. The van der Waals surface area contributed by atoms with Crippen LogP contribution in [0.4, 0.5) is 0 Å². The first-order valence-corrected chi connectivity index (χ1v) is 6.53. The van der Waals surface area contributed by atoms with E-state index in [2.05, 4.69) is 34.0 Å². The van der Waals surface area contributed by atoms with Gasteiger partial charge in [-0.1, -0.05) is 0 Å². The van der Waals surface area contributed by atoms with Crippen molar-refractivity contribution in [3.05, 3.63) is 24.3 Å². The number of aromatic nitrogens is 2. The van der Waals surface area contributed by atoms with E-state index in [1.807, 2.05) is 0 Å². The third-order valence-electron chi connectivity index (χ3n) is 3.55. The average molecular weight is 264 g/mol. The molecule has 0 spiro atoms. The lowest BCUT2D eigenvalue weighted by atomic mass is 10.1. The van der Waals surface area contributed by atoms with Crippen LogP contribution in [0.3, 0.4) is 0 Å². The molecular weight excluding hydrogens is 244 g/mol. The van der Waals surface area contributed by atoms with E-state index in [0.29, 0.717) is 11.7 Å². The summed E-state index contributed by atoms with van der Waals surface area (Å²) >= 11 is 0. The second-order valence-corrected chi connectivity index (χ2v) is 5.16. The number of hydrogen-bond acceptors (Lipinski definition) is 5. The maximum Gasteiger partial charge on any atom is 0.271 e. The van der Waals surface area contributed by atoms with Gasteiger partial charge in [-0.05, 0) is 13.8 Å². The van der Waals surface area contributed by atoms with Crippen molar-refractivity contribution in [2.75, 3.05) is 19.7 Å². The lowest BCUT2D eigenvalue weighted by Gasteiger charge is -2.20. The van der Waals surface area contributed by atoms with Crippen molar-refractivity contribution in [2.45, 2.75) is 25.9 Å². The first-order chi connectivity index (χ1) is 9.11. The normalized spacial score (nSPS) is 23.8. The van der Waals surface area contributed by atoms with Gasteiger partial charge in [0.2, 0.25) is 0 Å². The van der Waals surface area contributed by atoms with Gasteiger partial charge in [-0.3, -0.25) is 14.7 Å². The van der Waals surface area contributed by atoms with Crippen LogP contribution in [-0.4, -0.2) is 57.7 Å². The minimum Gasteiger partial charge on any atom is -0.396 e. The number of rotatable bonds is 4. The fourth-order valence-electron chi connectivity index (χ4n) is 2.33. The highest BCUT2D eigenvalue weighted by Gasteiger charge is 2.34. The van der Waals surface area contributed by atoms with Gasteiger partial charge in [0.15, 0.2) is 0 Å². The third-order valence-corrected chi connectivity index (χ3v) is 3.55. The Morgan fingerprint density at radius 2 is 2.32 bits per heavy atom. The molecule has 1 aromatic rings. The molecule has 0 bridgehead atoms. The van der Waals surface area contributed by atoms with Crippen molar-refractivity contribution >= 4 is 5.91 Å².